The van der Waals surface area contributed by atoms with Crippen LogP contribution in [0.25, 0.3) is 11.1 Å². The Labute approximate surface area is 117 Å². The normalized spacial score (nSPS) is 10.2. The van der Waals surface area contributed by atoms with Crippen LogP contribution in [0.1, 0.15) is 20.7 Å². The minimum absolute atomic E-state index is 0.118. The molecule has 0 saturated heterocycles. The second kappa shape index (κ2) is 5.18. The molecule has 20 heavy (non-hydrogen) atoms. The van der Waals surface area contributed by atoms with Gasteiger partial charge in [-0.3, -0.25) is 9.59 Å². The lowest BCUT2D eigenvalue weighted by Gasteiger charge is -2.06. The van der Waals surface area contributed by atoms with Gasteiger partial charge in [-0.25, -0.2) is 4.79 Å². The number of hydrogen-bond acceptors (Lipinski definition) is 3. The minimum Gasteiger partial charge on any atom is -0.477 e. The summed E-state index contributed by atoms with van der Waals surface area (Å²) in [5.74, 6) is -2.03. The van der Waals surface area contributed by atoms with Gasteiger partial charge in [-0.1, -0.05) is 17.7 Å². The van der Waals surface area contributed by atoms with Crippen molar-refractivity contribution in [3.8, 4) is 11.1 Å². The minimum atomic E-state index is -1.34. The Kier molecular flexibility index (Phi) is 3.58. The molecule has 0 aliphatic rings. The molecule has 0 saturated carbocycles. The molecule has 1 amide bonds. The Balaban J connectivity index is 2.60. The fraction of sp³-hybridized carbons (Fsp3) is 0. The summed E-state index contributed by atoms with van der Waals surface area (Å²) in [5, 5.41) is 9.11. The third-order valence-corrected chi connectivity index (χ3v) is 3.03. The number of nitrogens with one attached hydrogen (secondary N) is 1. The fourth-order valence-electron chi connectivity index (χ4n) is 1.70. The molecule has 1 heterocycles. The second-order valence-electron chi connectivity index (χ2n) is 4.00. The highest BCUT2D eigenvalue weighted by Gasteiger charge is 2.12. The predicted molar refractivity (Wildman–Crippen MR) is 73.0 cm³/mol. The Morgan fingerprint density at radius 1 is 1.15 bits per heavy atom. The van der Waals surface area contributed by atoms with Gasteiger partial charge in [0, 0.05) is 6.20 Å². The van der Waals surface area contributed by atoms with E-state index in [2.05, 4.69) is 4.98 Å². The molecule has 102 valence electrons. The fourth-order valence-corrected chi connectivity index (χ4v) is 1.91. The molecule has 1 aromatic carbocycles. The molecule has 0 spiro atoms. The zero-order valence-corrected chi connectivity index (χ0v) is 10.8. The molecule has 1 aromatic heterocycles. The van der Waals surface area contributed by atoms with E-state index in [0.717, 1.165) is 0 Å². The van der Waals surface area contributed by atoms with Gasteiger partial charge in [-0.05, 0) is 29.3 Å². The number of H-pyrrole nitrogens is 1. The van der Waals surface area contributed by atoms with E-state index in [1.165, 1.54) is 24.4 Å². The van der Waals surface area contributed by atoms with Gasteiger partial charge >= 0.3 is 5.97 Å². The van der Waals surface area contributed by atoms with Crippen LogP contribution in [-0.2, 0) is 0 Å². The van der Waals surface area contributed by atoms with Crippen LogP contribution < -0.4 is 11.3 Å². The zero-order chi connectivity index (χ0) is 14.9. The van der Waals surface area contributed by atoms with E-state index in [4.69, 9.17) is 22.4 Å². The first kappa shape index (κ1) is 13.8. The van der Waals surface area contributed by atoms with Crippen molar-refractivity contribution in [1.29, 1.82) is 0 Å². The lowest BCUT2D eigenvalue weighted by molar-refractivity contribution is 0.0694. The molecule has 0 bridgehead atoms. The highest BCUT2D eigenvalue weighted by atomic mass is 35.5. The largest absolute Gasteiger partial charge is 0.477 e. The van der Waals surface area contributed by atoms with Gasteiger partial charge in [0.2, 0.25) is 5.91 Å². The van der Waals surface area contributed by atoms with E-state index in [1.54, 1.807) is 6.07 Å². The van der Waals surface area contributed by atoms with Crippen LogP contribution in [0.4, 0.5) is 0 Å². The van der Waals surface area contributed by atoms with E-state index in [-0.39, 0.29) is 10.6 Å². The number of aromatic amines is 1. The topological polar surface area (TPSA) is 113 Å². The Morgan fingerprint density at radius 2 is 1.80 bits per heavy atom. The van der Waals surface area contributed by atoms with Crippen LogP contribution in [0.3, 0.4) is 0 Å². The number of primary amides is 1. The maximum Gasteiger partial charge on any atom is 0.341 e. The number of nitrogens with two attached hydrogens (primary N) is 1. The van der Waals surface area contributed by atoms with Crippen molar-refractivity contribution < 1.29 is 14.7 Å². The van der Waals surface area contributed by atoms with E-state index < -0.39 is 23.0 Å². The Morgan fingerprint density at radius 3 is 2.40 bits per heavy atom. The smallest absolute Gasteiger partial charge is 0.341 e. The summed E-state index contributed by atoms with van der Waals surface area (Å²) in [6, 6.07) is 5.72. The standard InChI is InChI=1S/C13H9ClN2O4/c14-10-2-1-6(3-8(10)11(15)17)7-4-9(13(19)20)12(18)16-5-7/h1-5H,(H2,15,17)(H,16,18)(H,19,20). The molecule has 2 aromatic rings. The van der Waals surface area contributed by atoms with Crippen molar-refractivity contribution in [3.05, 3.63) is 57.0 Å². The second-order valence-corrected chi connectivity index (χ2v) is 4.40. The number of hydrogen-bond donors (Lipinski definition) is 3. The van der Waals surface area contributed by atoms with Crippen LogP contribution in [0.2, 0.25) is 5.02 Å². The van der Waals surface area contributed by atoms with Crippen molar-refractivity contribution in [3.63, 3.8) is 0 Å². The van der Waals surface area contributed by atoms with Gasteiger partial charge in [-0.15, -0.1) is 0 Å². The van der Waals surface area contributed by atoms with Gasteiger partial charge in [0.05, 0.1) is 10.6 Å². The summed E-state index contributed by atoms with van der Waals surface area (Å²) in [6.07, 6.45) is 1.35. The zero-order valence-electron chi connectivity index (χ0n) is 10.0. The number of carbonyl (C=O) groups is 2. The average molecular weight is 293 g/mol. The maximum absolute atomic E-state index is 11.3. The summed E-state index contributed by atoms with van der Waals surface area (Å²) in [6.45, 7) is 0. The van der Waals surface area contributed by atoms with Crippen LogP contribution in [0.5, 0.6) is 0 Å². The maximum atomic E-state index is 11.3. The first-order valence-electron chi connectivity index (χ1n) is 5.46. The lowest BCUT2D eigenvalue weighted by atomic mass is 10.0. The van der Waals surface area contributed by atoms with Crippen molar-refractivity contribution >= 4 is 23.5 Å². The number of aromatic nitrogens is 1. The van der Waals surface area contributed by atoms with Gasteiger partial charge in [0.15, 0.2) is 0 Å². The number of amides is 1. The molecule has 0 unspecified atom stereocenters. The van der Waals surface area contributed by atoms with Gasteiger partial charge < -0.3 is 15.8 Å². The number of carbonyl (C=O) groups excluding carboxylic acids is 1. The van der Waals surface area contributed by atoms with E-state index in [0.29, 0.717) is 11.1 Å². The molecule has 0 atom stereocenters. The number of benzene rings is 1. The van der Waals surface area contributed by atoms with Gasteiger partial charge in [-0.2, -0.15) is 0 Å². The molecule has 0 fully saturated rings. The summed E-state index contributed by atoms with van der Waals surface area (Å²) < 4.78 is 0. The number of aromatic carboxylic acids is 1. The van der Waals surface area contributed by atoms with Gasteiger partial charge in [0.25, 0.3) is 5.56 Å². The monoisotopic (exact) mass is 292 g/mol. The van der Waals surface area contributed by atoms with Crippen molar-refractivity contribution in [1.82, 2.24) is 4.98 Å². The van der Waals surface area contributed by atoms with E-state index in [9.17, 15) is 14.4 Å². The summed E-state index contributed by atoms with van der Waals surface area (Å²) >= 11 is 5.83. The summed E-state index contributed by atoms with van der Waals surface area (Å²) in [4.78, 5) is 35.8. The van der Waals surface area contributed by atoms with E-state index >= 15 is 0 Å². The molecule has 0 radical (unpaired) electrons. The molecule has 2 rings (SSSR count). The Hall–Kier alpha value is -2.60. The number of pyridine rings is 1. The third kappa shape index (κ3) is 2.55. The highest BCUT2D eigenvalue weighted by Crippen LogP contribution is 2.24. The van der Waals surface area contributed by atoms with Crippen molar-refractivity contribution in [2.24, 2.45) is 5.73 Å². The molecular formula is C13H9ClN2O4. The van der Waals surface area contributed by atoms with Crippen LogP contribution in [-0.4, -0.2) is 22.0 Å². The quantitative estimate of drug-likeness (QED) is 0.795. The highest BCUT2D eigenvalue weighted by molar-refractivity contribution is 6.33. The van der Waals surface area contributed by atoms with Crippen LogP contribution >= 0.6 is 11.6 Å². The first-order valence-corrected chi connectivity index (χ1v) is 5.83. The number of carboxylic acids is 1. The average Bonchev–Trinajstić information content (AvgIpc) is 2.39. The first-order chi connectivity index (χ1) is 9.40. The van der Waals surface area contributed by atoms with Gasteiger partial charge in [0.1, 0.15) is 5.56 Å². The summed E-state index contributed by atoms with van der Waals surface area (Å²) in [7, 11) is 0. The molecule has 0 aliphatic heterocycles. The third-order valence-electron chi connectivity index (χ3n) is 2.70. The Bertz CT molecular complexity index is 767. The lowest BCUT2D eigenvalue weighted by Crippen LogP contribution is -2.17. The SMILES string of the molecule is NC(=O)c1cc(-c2c[nH]c(=O)c(C(=O)O)c2)ccc1Cl. The molecule has 6 nitrogen and oxygen atoms in total. The molecular weight excluding hydrogens is 284 g/mol. The van der Waals surface area contributed by atoms with Crippen molar-refractivity contribution in [2.75, 3.05) is 0 Å². The van der Waals surface area contributed by atoms with E-state index in [1.807, 2.05) is 0 Å². The van der Waals surface area contributed by atoms with Crippen LogP contribution in [0.15, 0.2) is 35.3 Å². The molecule has 7 heteroatoms. The van der Waals surface area contributed by atoms with Crippen molar-refractivity contribution in [2.45, 2.75) is 0 Å². The number of carboxylic acid groups (broad SMARTS) is 1. The molecule has 4 N–H and O–H groups in total. The summed E-state index contributed by atoms with van der Waals surface area (Å²) in [5.41, 5.74) is 5.16. The number of halogens is 1. The van der Waals surface area contributed by atoms with Crippen LogP contribution in [0, 0.1) is 0 Å². The molecule has 0 aliphatic carbocycles. The number of rotatable bonds is 3. The predicted octanol–water partition coefficient (Wildman–Crippen LogP) is 1.49.